The lowest BCUT2D eigenvalue weighted by Gasteiger charge is -2.35. The molecular weight excluding hydrogens is 576 g/mol. The number of fused-ring (bicyclic) bond motifs is 7. The number of hydrogen-bond acceptors (Lipinski definition) is 9. The zero-order valence-electron chi connectivity index (χ0n) is 27.2. The molecule has 2 unspecified atom stereocenters. The first-order valence-electron chi connectivity index (χ1n) is 16.3. The molecule has 2 bridgehead atoms. The van der Waals surface area contributed by atoms with Gasteiger partial charge in [-0.25, -0.2) is 14.8 Å². The summed E-state index contributed by atoms with van der Waals surface area (Å²) in [5.41, 5.74) is 1.44. The van der Waals surface area contributed by atoms with Crippen LogP contribution in [0.2, 0.25) is 0 Å². The molecule has 244 valence electrons. The van der Waals surface area contributed by atoms with Crippen molar-refractivity contribution in [2.75, 3.05) is 20.8 Å². The van der Waals surface area contributed by atoms with E-state index in [1.807, 2.05) is 39.0 Å². The smallest absolute Gasteiger partial charge is 0.408 e. The molecule has 1 aromatic carbocycles. The van der Waals surface area contributed by atoms with E-state index < -0.39 is 35.8 Å². The quantitative estimate of drug-likeness (QED) is 0.527. The second-order valence-electron chi connectivity index (χ2n) is 14.3. The number of ether oxygens (including phenoxy) is 4. The third-order valence-corrected chi connectivity index (χ3v) is 10.2. The topological polar surface area (TPSA) is 129 Å². The molecule has 45 heavy (non-hydrogen) atoms. The zero-order chi connectivity index (χ0) is 32.0. The molecule has 1 N–H and O–H groups in total. The third kappa shape index (κ3) is 6.33. The summed E-state index contributed by atoms with van der Waals surface area (Å²) >= 11 is 0. The maximum absolute atomic E-state index is 14.3. The van der Waals surface area contributed by atoms with Gasteiger partial charge in [0.05, 0.1) is 24.7 Å². The van der Waals surface area contributed by atoms with Crippen LogP contribution < -0.4 is 14.8 Å². The summed E-state index contributed by atoms with van der Waals surface area (Å²) in [6, 6.07) is 3.73. The van der Waals surface area contributed by atoms with Crippen LogP contribution in [-0.4, -0.2) is 83.8 Å². The summed E-state index contributed by atoms with van der Waals surface area (Å²) < 4.78 is 23.9. The first-order chi connectivity index (χ1) is 21.5. The zero-order valence-corrected chi connectivity index (χ0v) is 27.2. The van der Waals surface area contributed by atoms with Crippen LogP contribution in [0.5, 0.6) is 11.6 Å². The first-order valence-corrected chi connectivity index (χ1v) is 16.3. The maximum atomic E-state index is 14.3. The summed E-state index contributed by atoms with van der Waals surface area (Å²) in [6.45, 7) is 7.20. The Balaban J connectivity index is 1.38. The molecule has 11 nitrogen and oxygen atoms in total. The number of Topliss-reactive ketones (excluding diaryl/α,β-unsaturated/α-hetero) is 1. The van der Waals surface area contributed by atoms with E-state index in [-0.39, 0.29) is 24.3 Å². The minimum atomic E-state index is -0.931. The average molecular weight is 623 g/mol. The van der Waals surface area contributed by atoms with E-state index in [1.165, 1.54) is 25.4 Å². The maximum Gasteiger partial charge on any atom is 0.408 e. The summed E-state index contributed by atoms with van der Waals surface area (Å²) in [6.07, 6.45) is 4.50. The number of alkyl carbamates (subject to hydrolysis) is 1. The highest BCUT2D eigenvalue weighted by Crippen LogP contribution is 2.57. The fraction of sp³-hybridized carbons (Fsp3) is 0.676. The van der Waals surface area contributed by atoms with Gasteiger partial charge in [0, 0.05) is 13.2 Å². The first kappa shape index (κ1) is 31.5. The highest BCUT2D eigenvalue weighted by atomic mass is 16.6. The number of aromatic nitrogens is 2. The van der Waals surface area contributed by atoms with E-state index in [1.54, 1.807) is 7.11 Å². The third-order valence-electron chi connectivity index (χ3n) is 10.2. The van der Waals surface area contributed by atoms with Crippen molar-refractivity contribution in [2.24, 2.45) is 23.2 Å². The number of rotatable bonds is 3. The Morgan fingerprint density at radius 1 is 1.00 bits per heavy atom. The van der Waals surface area contributed by atoms with Gasteiger partial charge in [0.2, 0.25) is 11.8 Å². The fourth-order valence-electron chi connectivity index (χ4n) is 7.74. The molecule has 2 amide bonds. The standard InChI is InChI=1S/C34H46N4O7/c1-18(39)28-29(43-6)27-17-38(28)32(40)30(34(2,3)4)37-33(41)45-26-15-19-14-22(19)21(26)10-8-7-9-11-24-31(44-27)36-25-16-20(42-5)12-13-23(25)35-24/h12-13,16,19,21-22,26-30H,7-11,14-15,17H2,1-6H3,(H,37,41)/t19?,21-,22?,26-,27+,28-,29-,30-/m1/s1. The SMILES string of the molecule is COc1ccc2nc3c(nc2c1)O[C@H]1CN(C(=O)[C@H](C(C)(C)C)NC(=O)O[C@@H]2CC4CC4[C@H]2CCCCC3)[C@H](C(C)=O)[C@@H]1OC. The van der Waals surface area contributed by atoms with Crippen molar-refractivity contribution in [3.63, 3.8) is 0 Å². The molecule has 3 fully saturated rings. The van der Waals surface area contributed by atoms with E-state index in [4.69, 9.17) is 28.9 Å². The van der Waals surface area contributed by atoms with Crippen molar-refractivity contribution in [3.8, 4) is 11.6 Å². The summed E-state index contributed by atoms with van der Waals surface area (Å²) in [5.74, 6) is 1.98. The molecule has 2 saturated carbocycles. The van der Waals surface area contributed by atoms with Crippen LogP contribution in [0.4, 0.5) is 4.79 Å². The Morgan fingerprint density at radius 3 is 2.51 bits per heavy atom. The van der Waals surface area contributed by atoms with E-state index in [9.17, 15) is 14.4 Å². The number of aryl methyl sites for hydroxylation is 1. The van der Waals surface area contributed by atoms with Crippen LogP contribution in [0, 0.1) is 23.2 Å². The average Bonchev–Trinajstić information content (AvgIpc) is 3.52. The molecule has 3 heterocycles. The Hall–Kier alpha value is -3.47. The predicted octanol–water partition coefficient (Wildman–Crippen LogP) is 4.48. The number of methoxy groups -OCH3 is 2. The number of amides is 2. The van der Waals surface area contributed by atoms with Crippen molar-refractivity contribution >= 4 is 28.8 Å². The van der Waals surface area contributed by atoms with Crippen LogP contribution in [0.3, 0.4) is 0 Å². The summed E-state index contributed by atoms with van der Waals surface area (Å²) in [4.78, 5) is 52.0. The lowest BCUT2D eigenvalue weighted by atomic mass is 9.85. The molecule has 11 heteroatoms. The van der Waals surface area contributed by atoms with Gasteiger partial charge in [0.25, 0.3) is 0 Å². The summed E-state index contributed by atoms with van der Waals surface area (Å²) in [5, 5.41) is 2.90. The number of hydrogen-bond donors (Lipinski definition) is 1. The largest absolute Gasteiger partial charge is 0.497 e. The monoisotopic (exact) mass is 622 g/mol. The van der Waals surface area contributed by atoms with E-state index in [2.05, 4.69) is 5.32 Å². The van der Waals surface area contributed by atoms with Gasteiger partial charge in [0.1, 0.15) is 41.8 Å². The van der Waals surface area contributed by atoms with Crippen LogP contribution in [0.1, 0.15) is 71.9 Å². The van der Waals surface area contributed by atoms with E-state index >= 15 is 0 Å². The molecule has 0 radical (unpaired) electrons. The van der Waals surface area contributed by atoms with Crippen molar-refractivity contribution in [3.05, 3.63) is 23.9 Å². The fourth-order valence-corrected chi connectivity index (χ4v) is 7.74. The highest BCUT2D eigenvalue weighted by Gasteiger charge is 2.55. The number of carbonyl (C=O) groups excluding carboxylic acids is 3. The Bertz CT molecular complexity index is 1460. The Labute approximate surface area is 264 Å². The predicted molar refractivity (Wildman–Crippen MR) is 166 cm³/mol. The van der Waals surface area contributed by atoms with Gasteiger partial charge in [-0.2, -0.15) is 0 Å². The van der Waals surface area contributed by atoms with Crippen molar-refractivity contribution in [1.29, 1.82) is 0 Å². The number of carbonyl (C=O) groups is 3. The van der Waals surface area contributed by atoms with E-state index in [0.717, 1.165) is 43.3 Å². The van der Waals surface area contributed by atoms with Gasteiger partial charge in [-0.05, 0) is 74.3 Å². The van der Waals surface area contributed by atoms with Crippen molar-refractivity contribution in [1.82, 2.24) is 20.2 Å². The van der Waals surface area contributed by atoms with Gasteiger partial charge in [-0.3, -0.25) is 9.59 Å². The van der Waals surface area contributed by atoms with Gasteiger partial charge in [-0.15, -0.1) is 0 Å². The van der Waals surface area contributed by atoms with Gasteiger partial charge < -0.3 is 29.2 Å². The molecule has 6 rings (SSSR count). The van der Waals surface area contributed by atoms with Crippen LogP contribution >= 0.6 is 0 Å². The van der Waals surface area contributed by atoms with Crippen LogP contribution in [-0.2, 0) is 25.5 Å². The minimum absolute atomic E-state index is 0.0796. The number of nitrogens with one attached hydrogen (secondary N) is 1. The molecule has 1 saturated heterocycles. The molecule has 4 aliphatic rings. The van der Waals surface area contributed by atoms with Crippen molar-refractivity contribution < 1.29 is 33.3 Å². The van der Waals surface area contributed by atoms with Crippen molar-refractivity contribution in [2.45, 2.75) is 103 Å². The lowest BCUT2D eigenvalue weighted by Crippen LogP contribution is -2.58. The molecule has 2 aliphatic carbocycles. The molecule has 1 aromatic heterocycles. The number of benzene rings is 1. The Morgan fingerprint density at radius 2 is 1.80 bits per heavy atom. The number of ketones is 1. The lowest BCUT2D eigenvalue weighted by molar-refractivity contribution is -0.143. The van der Waals surface area contributed by atoms with Crippen LogP contribution in [0.15, 0.2) is 18.2 Å². The van der Waals surface area contributed by atoms with Crippen LogP contribution in [0.25, 0.3) is 11.0 Å². The molecule has 2 aliphatic heterocycles. The molecular formula is C34H46N4O7. The van der Waals surface area contributed by atoms with Gasteiger partial charge in [-0.1, -0.05) is 33.6 Å². The van der Waals surface area contributed by atoms with Gasteiger partial charge >= 0.3 is 6.09 Å². The molecule has 2 aromatic rings. The summed E-state index contributed by atoms with van der Waals surface area (Å²) in [7, 11) is 3.11. The number of nitrogens with zero attached hydrogens (tertiary/aromatic N) is 3. The second kappa shape index (κ2) is 12.4. The molecule has 8 atom stereocenters. The normalized spacial score (nSPS) is 32.3. The highest BCUT2D eigenvalue weighted by molar-refractivity contribution is 5.93. The minimum Gasteiger partial charge on any atom is -0.497 e. The van der Waals surface area contributed by atoms with E-state index in [0.29, 0.717) is 41.3 Å². The molecule has 0 spiro atoms. The van der Waals surface area contributed by atoms with Gasteiger partial charge in [0.15, 0.2) is 5.78 Å². The Kier molecular flexibility index (Phi) is 8.67. The second-order valence-corrected chi connectivity index (χ2v) is 14.3.